The molecule has 126 valence electrons. The maximum atomic E-state index is 11.5. The molecule has 1 atom stereocenters. The van der Waals surface area contributed by atoms with Crippen LogP contribution in [0, 0.1) is 0 Å². The Morgan fingerprint density at radius 2 is 2.42 bits per heavy atom. The van der Waals surface area contributed by atoms with E-state index < -0.39 is 5.97 Å². The highest BCUT2D eigenvalue weighted by Crippen LogP contribution is 2.25. The molecular formula is C16H19N5O2S. The number of rotatable bonds is 5. The average Bonchev–Trinajstić information content (AvgIpc) is 3.24. The number of aromatic nitrogens is 4. The van der Waals surface area contributed by atoms with E-state index in [0.29, 0.717) is 19.5 Å². The van der Waals surface area contributed by atoms with E-state index in [1.807, 2.05) is 33.8 Å². The summed E-state index contributed by atoms with van der Waals surface area (Å²) >= 11 is 1.62. The fraction of sp³-hybridized carbons (Fsp3) is 0.438. The van der Waals surface area contributed by atoms with Gasteiger partial charge in [-0.15, -0.1) is 11.3 Å². The van der Waals surface area contributed by atoms with Crippen LogP contribution in [0.2, 0.25) is 0 Å². The Kier molecular flexibility index (Phi) is 3.85. The van der Waals surface area contributed by atoms with Crippen LogP contribution in [0.4, 0.5) is 0 Å². The van der Waals surface area contributed by atoms with Gasteiger partial charge in [-0.3, -0.25) is 9.08 Å². The highest BCUT2D eigenvalue weighted by atomic mass is 32.1. The van der Waals surface area contributed by atoms with Crippen molar-refractivity contribution in [2.45, 2.75) is 45.3 Å². The number of thiazole rings is 1. The Morgan fingerprint density at radius 1 is 1.54 bits per heavy atom. The summed E-state index contributed by atoms with van der Waals surface area (Å²) in [5, 5.41) is 19.2. The molecule has 2 N–H and O–H groups in total. The van der Waals surface area contributed by atoms with Gasteiger partial charge in [0, 0.05) is 48.2 Å². The van der Waals surface area contributed by atoms with Crippen LogP contribution in [0.5, 0.6) is 0 Å². The van der Waals surface area contributed by atoms with Crippen LogP contribution in [0.1, 0.15) is 40.8 Å². The number of carboxylic acid groups (broad SMARTS) is 1. The van der Waals surface area contributed by atoms with Crippen molar-refractivity contribution in [2.75, 3.05) is 0 Å². The van der Waals surface area contributed by atoms with Gasteiger partial charge in [0.05, 0.1) is 5.69 Å². The Labute approximate surface area is 142 Å². The first kappa shape index (κ1) is 15.3. The van der Waals surface area contributed by atoms with Crippen molar-refractivity contribution < 1.29 is 9.90 Å². The van der Waals surface area contributed by atoms with Gasteiger partial charge in [0.2, 0.25) is 0 Å². The minimum Gasteiger partial charge on any atom is -0.476 e. The number of hydrogen-bond donors (Lipinski definition) is 2. The summed E-state index contributed by atoms with van der Waals surface area (Å²) in [5.74, 6) is -0.937. The number of aromatic carboxylic acids is 1. The highest BCUT2D eigenvalue weighted by Gasteiger charge is 2.28. The first-order valence-corrected chi connectivity index (χ1v) is 9.00. The van der Waals surface area contributed by atoms with E-state index in [1.54, 1.807) is 11.3 Å². The molecule has 8 heteroatoms. The van der Waals surface area contributed by atoms with Crippen molar-refractivity contribution in [1.29, 1.82) is 0 Å². The number of imidazole rings is 1. The first-order valence-electron chi connectivity index (χ1n) is 8.12. The largest absolute Gasteiger partial charge is 0.476 e. The second kappa shape index (κ2) is 6.03. The lowest BCUT2D eigenvalue weighted by atomic mass is 9.91. The van der Waals surface area contributed by atoms with Gasteiger partial charge in [-0.05, 0) is 26.2 Å². The number of fused-ring (bicyclic) bond motifs is 2. The molecule has 0 spiro atoms. The lowest BCUT2D eigenvalue weighted by molar-refractivity contribution is 0.0688. The van der Waals surface area contributed by atoms with Crippen LogP contribution >= 0.6 is 11.3 Å². The van der Waals surface area contributed by atoms with Crippen LogP contribution in [0.15, 0.2) is 17.8 Å². The number of nitrogens with one attached hydrogen (secondary N) is 1. The fourth-order valence-corrected chi connectivity index (χ4v) is 4.12. The molecule has 4 rings (SSSR count). The van der Waals surface area contributed by atoms with Crippen molar-refractivity contribution in [3.63, 3.8) is 0 Å². The van der Waals surface area contributed by atoms with Gasteiger partial charge in [0.1, 0.15) is 0 Å². The maximum Gasteiger partial charge on any atom is 0.356 e. The quantitative estimate of drug-likeness (QED) is 0.738. The third-order valence-electron chi connectivity index (χ3n) is 4.56. The molecule has 1 aliphatic rings. The molecule has 3 aromatic rings. The number of nitrogens with zero attached hydrogens (tertiary/aromatic N) is 4. The summed E-state index contributed by atoms with van der Waals surface area (Å²) in [6, 6.07) is 0.254. The Morgan fingerprint density at radius 3 is 3.17 bits per heavy atom. The summed E-state index contributed by atoms with van der Waals surface area (Å²) < 4.78 is 3.85. The Hall–Kier alpha value is -2.19. The van der Waals surface area contributed by atoms with E-state index in [0.717, 1.165) is 34.8 Å². The molecular weight excluding hydrogens is 326 g/mol. The van der Waals surface area contributed by atoms with Crippen LogP contribution in [-0.2, 0) is 25.9 Å². The van der Waals surface area contributed by atoms with E-state index >= 15 is 0 Å². The fourth-order valence-electron chi connectivity index (χ4n) is 3.41. The van der Waals surface area contributed by atoms with Gasteiger partial charge >= 0.3 is 5.97 Å². The molecule has 7 nitrogen and oxygen atoms in total. The van der Waals surface area contributed by atoms with Crippen molar-refractivity contribution >= 4 is 22.3 Å². The van der Waals surface area contributed by atoms with Crippen molar-refractivity contribution in [1.82, 2.24) is 24.5 Å². The van der Waals surface area contributed by atoms with E-state index in [2.05, 4.69) is 15.4 Å². The molecule has 0 saturated carbocycles. The van der Waals surface area contributed by atoms with Gasteiger partial charge in [0.25, 0.3) is 0 Å². The van der Waals surface area contributed by atoms with Crippen LogP contribution in [0.25, 0.3) is 4.96 Å². The molecule has 3 aromatic heterocycles. The normalized spacial score (nSPS) is 17.3. The zero-order valence-corrected chi connectivity index (χ0v) is 14.2. The summed E-state index contributed by atoms with van der Waals surface area (Å²) in [4.78, 5) is 17.0. The second-order valence-corrected chi connectivity index (χ2v) is 6.91. The van der Waals surface area contributed by atoms with E-state index in [-0.39, 0.29) is 11.7 Å². The first-order chi connectivity index (χ1) is 11.7. The predicted octanol–water partition coefficient (Wildman–Crippen LogP) is 1.96. The van der Waals surface area contributed by atoms with Crippen LogP contribution in [-0.4, -0.2) is 36.3 Å². The lowest BCUT2D eigenvalue weighted by Gasteiger charge is -2.24. The molecule has 0 aromatic carbocycles. The van der Waals surface area contributed by atoms with Crippen LogP contribution < -0.4 is 5.32 Å². The summed E-state index contributed by atoms with van der Waals surface area (Å²) in [5.41, 5.74) is 3.19. The number of hydrogen-bond acceptors (Lipinski definition) is 5. The molecule has 0 fully saturated rings. The zero-order valence-electron chi connectivity index (χ0n) is 13.4. The second-order valence-electron chi connectivity index (χ2n) is 6.04. The molecule has 0 bridgehead atoms. The Balaban J connectivity index is 1.48. The van der Waals surface area contributed by atoms with Crippen molar-refractivity contribution in [3.8, 4) is 0 Å². The molecule has 0 saturated heterocycles. The number of carbonyl (C=O) groups is 1. The minimum atomic E-state index is -0.937. The average molecular weight is 345 g/mol. The minimum absolute atomic E-state index is 0.209. The molecule has 1 aliphatic carbocycles. The van der Waals surface area contributed by atoms with Gasteiger partial charge < -0.3 is 10.4 Å². The molecule has 0 unspecified atom stereocenters. The topological polar surface area (TPSA) is 84.5 Å². The highest BCUT2D eigenvalue weighted by molar-refractivity contribution is 7.15. The molecule has 3 heterocycles. The van der Waals surface area contributed by atoms with E-state index in [9.17, 15) is 9.90 Å². The van der Waals surface area contributed by atoms with Gasteiger partial charge in [-0.2, -0.15) is 5.10 Å². The van der Waals surface area contributed by atoms with Gasteiger partial charge in [-0.1, -0.05) is 0 Å². The summed E-state index contributed by atoms with van der Waals surface area (Å²) in [6.45, 7) is 3.39. The standard InChI is InChI=1S/C16H19N5O2S/c1-2-21-13-4-3-10(7-12(13)14(19-21)15(22)23)17-8-11-9-20-5-6-24-16(20)18-11/h5-6,9-10,17H,2-4,7-8H2,1H3,(H,22,23)/t10-/m0/s1. The zero-order chi connectivity index (χ0) is 16.7. The predicted molar refractivity (Wildman–Crippen MR) is 90.6 cm³/mol. The molecule has 0 aliphatic heterocycles. The van der Waals surface area contributed by atoms with Crippen molar-refractivity contribution in [2.24, 2.45) is 0 Å². The third-order valence-corrected chi connectivity index (χ3v) is 5.33. The maximum absolute atomic E-state index is 11.5. The smallest absolute Gasteiger partial charge is 0.356 e. The molecule has 24 heavy (non-hydrogen) atoms. The van der Waals surface area contributed by atoms with Crippen molar-refractivity contribution in [3.05, 3.63) is 40.4 Å². The summed E-state index contributed by atoms with van der Waals surface area (Å²) in [7, 11) is 0. The molecule has 0 radical (unpaired) electrons. The monoisotopic (exact) mass is 345 g/mol. The SMILES string of the molecule is CCn1nc(C(=O)O)c2c1CC[C@H](NCc1cn3ccsc3n1)C2. The summed E-state index contributed by atoms with van der Waals surface area (Å²) in [6.07, 6.45) is 6.59. The number of carboxylic acids is 1. The lowest BCUT2D eigenvalue weighted by Crippen LogP contribution is -2.34. The van der Waals surface area contributed by atoms with E-state index in [4.69, 9.17) is 0 Å². The van der Waals surface area contributed by atoms with Crippen LogP contribution in [0.3, 0.4) is 0 Å². The number of aryl methyl sites for hydroxylation is 1. The molecule has 0 amide bonds. The van der Waals surface area contributed by atoms with Gasteiger partial charge in [0.15, 0.2) is 10.7 Å². The van der Waals surface area contributed by atoms with Gasteiger partial charge in [-0.25, -0.2) is 9.78 Å². The third kappa shape index (κ3) is 2.61. The Bertz CT molecular complexity index is 865. The van der Waals surface area contributed by atoms with E-state index in [1.165, 1.54) is 0 Å².